The molecule has 122 valence electrons. The van der Waals surface area contributed by atoms with Crippen molar-refractivity contribution in [3.8, 4) is 17.2 Å². The van der Waals surface area contributed by atoms with E-state index >= 15 is 0 Å². The van der Waals surface area contributed by atoms with Crippen LogP contribution in [0, 0.1) is 0 Å². The minimum Gasteiger partial charge on any atom is -0.496 e. The van der Waals surface area contributed by atoms with Crippen LogP contribution < -0.4 is 10.1 Å². The van der Waals surface area contributed by atoms with E-state index < -0.39 is 0 Å². The monoisotopic (exact) mass is 343 g/mol. The number of amides is 1. The average Bonchev–Trinajstić information content (AvgIpc) is 3.08. The molecule has 3 aromatic rings. The number of aromatic nitrogens is 2. The Morgan fingerprint density at radius 3 is 2.83 bits per heavy atom. The summed E-state index contributed by atoms with van der Waals surface area (Å²) >= 11 is 5.87. The largest absolute Gasteiger partial charge is 0.496 e. The van der Waals surface area contributed by atoms with Crippen molar-refractivity contribution >= 4 is 17.5 Å². The third-order valence-corrected chi connectivity index (χ3v) is 3.53. The van der Waals surface area contributed by atoms with Crippen LogP contribution >= 0.6 is 11.6 Å². The summed E-state index contributed by atoms with van der Waals surface area (Å²) in [7, 11) is 1.57. The van der Waals surface area contributed by atoms with E-state index in [2.05, 4.69) is 15.5 Å². The lowest BCUT2D eigenvalue weighted by Crippen LogP contribution is -2.22. The van der Waals surface area contributed by atoms with E-state index in [0.717, 1.165) is 0 Å². The second kappa shape index (κ2) is 7.14. The highest BCUT2D eigenvalue weighted by Gasteiger charge is 2.14. The van der Waals surface area contributed by atoms with Gasteiger partial charge in [-0.2, -0.15) is 0 Å². The molecule has 0 spiro atoms. The molecule has 0 aliphatic carbocycles. The first-order valence-electron chi connectivity index (χ1n) is 7.17. The molecule has 24 heavy (non-hydrogen) atoms. The number of ether oxygens (including phenoxy) is 1. The number of nitrogens with one attached hydrogen (secondary N) is 1. The molecule has 2 aromatic carbocycles. The minimum absolute atomic E-state index is 0.119. The van der Waals surface area contributed by atoms with Crippen molar-refractivity contribution in [1.82, 2.24) is 15.5 Å². The second-order valence-electron chi connectivity index (χ2n) is 4.89. The van der Waals surface area contributed by atoms with Gasteiger partial charge in [0.1, 0.15) is 5.75 Å². The number of nitrogens with zero attached hydrogens (tertiary/aromatic N) is 2. The lowest BCUT2D eigenvalue weighted by atomic mass is 10.2. The standard InChI is InChI=1S/C17H14ClN3O3/c1-23-14-8-3-2-7-13(14)17-21-20-15(24-17)10-19-16(22)11-5-4-6-12(18)9-11/h2-9H,10H2,1H3,(H,19,22). The zero-order valence-electron chi connectivity index (χ0n) is 12.8. The molecule has 0 fully saturated rings. The fourth-order valence-electron chi connectivity index (χ4n) is 2.14. The van der Waals surface area contributed by atoms with Gasteiger partial charge >= 0.3 is 0 Å². The molecule has 6 nitrogen and oxygen atoms in total. The fraction of sp³-hybridized carbons (Fsp3) is 0.118. The van der Waals surface area contributed by atoms with Gasteiger partial charge in [-0.1, -0.05) is 29.8 Å². The molecule has 0 saturated carbocycles. The van der Waals surface area contributed by atoms with E-state index in [1.165, 1.54) is 0 Å². The second-order valence-corrected chi connectivity index (χ2v) is 5.33. The first kappa shape index (κ1) is 16.0. The Balaban J connectivity index is 1.69. The van der Waals surface area contributed by atoms with Gasteiger partial charge in [0.05, 0.1) is 19.2 Å². The van der Waals surface area contributed by atoms with Crippen molar-refractivity contribution in [1.29, 1.82) is 0 Å². The summed E-state index contributed by atoms with van der Waals surface area (Å²) in [5, 5.41) is 11.1. The maximum Gasteiger partial charge on any atom is 0.251 e. The maximum atomic E-state index is 12.1. The number of hydrogen-bond donors (Lipinski definition) is 1. The Morgan fingerprint density at radius 2 is 2.04 bits per heavy atom. The summed E-state index contributed by atoms with van der Waals surface area (Å²) < 4.78 is 10.8. The van der Waals surface area contributed by atoms with Crippen LogP contribution in [0.4, 0.5) is 0 Å². The van der Waals surface area contributed by atoms with Crippen molar-refractivity contribution in [3.63, 3.8) is 0 Å². The van der Waals surface area contributed by atoms with Gasteiger partial charge in [-0.15, -0.1) is 10.2 Å². The van der Waals surface area contributed by atoms with E-state index in [9.17, 15) is 4.79 Å². The summed E-state index contributed by atoms with van der Waals surface area (Å²) in [6.07, 6.45) is 0. The molecule has 0 atom stereocenters. The third-order valence-electron chi connectivity index (χ3n) is 3.29. The van der Waals surface area contributed by atoms with Crippen LogP contribution in [-0.2, 0) is 6.54 Å². The summed E-state index contributed by atoms with van der Waals surface area (Å²) in [6.45, 7) is 0.119. The summed E-state index contributed by atoms with van der Waals surface area (Å²) in [6, 6.07) is 14.0. The first-order valence-corrected chi connectivity index (χ1v) is 7.54. The third kappa shape index (κ3) is 3.55. The number of halogens is 1. The molecule has 1 aromatic heterocycles. The Hall–Kier alpha value is -2.86. The van der Waals surface area contributed by atoms with E-state index in [4.69, 9.17) is 20.8 Å². The van der Waals surface area contributed by atoms with Crippen LogP contribution in [0.25, 0.3) is 11.5 Å². The fourth-order valence-corrected chi connectivity index (χ4v) is 2.33. The summed E-state index contributed by atoms with van der Waals surface area (Å²) in [5.41, 5.74) is 1.16. The van der Waals surface area contributed by atoms with Gasteiger partial charge in [0, 0.05) is 10.6 Å². The van der Waals surface area contributed by atoms with Crippen LogP contribution in [0.15, 0.2) is 52.9 Å². The zero-order valence-corrected chi connectivity index (χ0v) is 13.6. The normalized spacial score (nSPS) is 10.4. The highest BCUT2D eigenvalue weighted by atomic mass is 35.5. The predicted molar refractivity (Wildman–Crippen MR) is 88.9 cm³/mol. The first-order chi connectivity index (χ1) is 11.7. The molecule has 1 amide bonds. The van der Waals surface area contributed by atoms with Gasteiger partial charge in [-0.25, -0.2) is 0 Å². The van der Waals surface area contributed by atoms with E-state index in [0.29, 0.717) is 33.7 Å². The van der Waals surface area contributed by atoms with E-state index in [-0.39, 0.29) is 12.5 Å². The highest BCUT2D eigenvalue weighted by Crippen LogP contribution is 2.28. The van der Waals surface area contributed by atoms with Crippen LogP contribution in [0.3, 0.4) is 0 Å². The average molecular weight is 344 g/mol. The molecule has 0 radical (unpaired) electrons. The Labute approximate surface area is 143 Å². The molecule has 7 heteroatoms. The molecule has 0 unspecified atom stereocenters. The predicted octanol–water partition coefficient (Wildman–Crippen LogP) is 3.33. The van der Waals surface area contributed by atoms with Gasteiger partial charge in [-0.05, 0) is 30.3 Å². The molecular weight excluding hydrogens is 330 g/mol. The minimum atomic E-state index is -0.269. The summed E-state index contributed by atoms with van der Waals surface area (Å²) in [4.78, 5) is 12.1. The van der Waals surface area contributed by atoms with Crippen molar-refractivity contribution in [2.45, 2.75) is 6.54 Å². The smallest absolute Gasteiger partial charge is 0.251 e. The van der Waals surface area contributed by atoms with E-state index in [1.807, 2.05) is 18.2 Å². The lowest BCUT2D eigenvalue weighted by molar-refractivity contribution is 0.0947. The van der Waals surface area contributed by atoms with Gasteiger partial charge in [-0.3, -0.25) is 4.79 Å². The topological polar surface area (TPSA) is 77.3 Å². The highest BCUT2D eigenvalue weighted by molar-refractivity contribution is 6.30. The molecular formula is C17H14ClN3O3. The van der Waals surface area contributed by atoms with Crippen molar-refractivity contribution < 1.29 is 13.9 Å². The number of carbonyl (C=O) groups is 1. The molecule has 1 N–H and O–H groups in total. The molecule has 0 bridgehead atoms. The maximum absolute atomic E-state index is 12.1. The molecule has 0 aliphatic rings. The quantitative estimate of drug-likeness (QED) is 0.768. The van der Waals surface area contributed by atoms with Crippen LogP contribution in [-0.4, -0.2) is 23.2 Å². The molecule has 3 rings (SSSR count). The number of para-hydroxylation sites is 1. The van der Waals surface area contributed by atoms with Crippen molar-refractivity contribution in [2.24, 2.45) is 0 Å². The van der Waals surface area contributed by atoms with Crippen LogP contribution in [0.2, 0.25) is 5.02 Å². The van der Waals surface area contributed by atoms with E-state index in [1.54, 1.807) is 37.4 Å². The van der Waals surface area contributed by atoms with Gasteiger partial charge in [0.2, 0.25) is 5.89 Å². The Kier molecular flexibility index (Phi) is 4.77. The molecule has 1 heterocycles. The van der Waals surface area contributed by atoms with Gasteiger partial charge < -0.3 is 14.5 Å². The van der Waals surface area contributed by atoms with Crippen LogP contribution in [0.1, 0.15) is 16.2 Å². The Morgan fingerprint density at radius 1 is 1.21 bits per heavy atom. The zero-order chi connectivity index (χ0) is 16.9. The van der Waals surface area contributed by atoms with Gasteiger partial charge in [0.25, 0.3) is 11.8 Å². The summed E-state index contributed by atoms with van der Waals surface area (Å²) in [5.74, 6) is 0.996. The van der Waals surface area contributed by atoms with Gasteiger partial charge in [0.15, 0.2) is 0 Å². The molecule has 0 aliphatic heterocycles. The number of carbonyl (C=O) groups excluding carboxylic acids is 1. The number of rotatable bonds is 5. The Bertz CT molecular complexity index is 864. The number of benzene rings is 2. The molecule has 0 saturated heterocycles. The van der Waals surface area contributed by atoms with Crippen molar-refractivity contribution in [2.75, 3.05) is 7.11 Å². The number of methoxy groups -OCH3 is 1. The SMILES string of the molecule is COc1ccccc1-c1nnc(CNC(=O)c2cccc(Cl)c2)o1. The van der Waals surface area contributed by atoms with Crippen molar-refractivity contribution in [3.05, 3.63) is 65.0 Å². The number of hydrogen-bond acceptors (Lipinski definition) is 5. The van der Waals surface area contributed by atoms with Crippen LogP contribution in [0.5, 0.6) is 5.75 Å². The lowest BCUT2D eigenvalue weighted by Gasteiger charge is -2.04.